The molecule has 2 atom stereocenters. The van der Waals surface area contributed by atoms with E-state index in [0.717, 1.165) is 37.8 Å². The normalized spacial score (nSPS) is 23.6. The van der Waals surface area contributed by atoms with Crippen LogP contribution in [0.3, 0.4) is 0 Å². The van der Waals surface area contributed by atoms with E-state index in [9.17, 15) is 9.50 Å². The highest BCUT2D eigenvalue weighted by molar-refractivity contribution is 5.79. The molecular weight excluding hydrogens is 333 g/mol. The van der Waals surface area contributed by atoms with Crippen molar-refractivity contribution < 1.29 is 14.2 Å². The second-order valence-corrected chi connectivity index (χ2v) is 7.16. The molecule has 1 aliphatic rings. The molecule has 2 rings (SSSR count). The molecule has 3 N–H and O–H groups in total. The molecule has 1 fully saturated rings. The average molecular weight is 365 g/mol. The summed E-state index contributed by atoms with van der Waals surface area (Å²) >= 11 is 0. The summed E-state index contributed by atoms with van der Waals surface area (Å²) < 4.78 is 19.2. The lowest BCUT2D eigenvalue weighted by molar-refractivity contribution is 0.00397. The third-order valence-electron chi connectivity index (χ3n) is 5.00. The van der Waals surface area contributed by atoms with Crippen molar-refractivity contribution in [1.82, 2.24) is 10.6 Å². The maximum atomic E-state index is 14.0. The monoisotopic (exact) mass is 365 g/mol. The number of aliphatic hydroxyl groups is 1. The lowest BCUT2D eigenvalue weighted by Gasteiger charge is -2.38. The van der Waals surface area contributed by atoms with Gasteiger partial charge in [0.15, 0.2) is 17.5 Å². The molecule has 1 aliphatic carbocycles. The highest BCUT2D eigenvalue weighted by Crippen LogP contribution is 2.35. The van der Waals surface area contributed by atoms with Crippen LogP contribution in [0.25, 0.3) is 0 Å². The van der Waals surface area contributed by atoms with Crippen LogP contribution in [-0.4, -0.2) is 36.9 Å². The zero-order valence-corrected chi connectivity index (χ0v) is 16.1. The van der Waals surface area contributed by atoms with E-state index < -0.39 is 0 Å². The fraction of sp³-hybridized carbons (Fsp3) is 0.650. The molecule has 0 bridgehead atoms. The summed E-state index contributed by atoms with van der Waals surface area (Å²) in [7, 11) is 0. The van der Waals surface area contributed by atoms with E-state index in [-0.39, 0.29) is 23.1 Å². The summed E-state index contributed by atoms with van der Waals surface area (Å²) in [5.74, 6) is 0.584. The summed E-state index contributed by atoms with van der Waals surface area (Å²) in [6.45, 7) is 8.17. The summed E-state index contributed by atoms with van der Waals surface area (Å²) in [5, 5.41) is 16.9. The zero-order chi connectivity index (χ0) is 19.0. The Morgan fingerprint density at radius 2 is 2.15 bits per heavy atom. The molecule has 0 amide bonds. The van der Waals surface area contributed by atoms with Gasteiger partial charge in [-0.1, -0.05) is 25.8 Å². The molecule has 146 valence electrons. The predicted molar refractivity (Wildman–Crippen MR) is 103 cm³/mol. The minimum absolute atomic E-state index is 0.139. The van der Waals surface area contributed by atoms with Gasteiger partial charge in [0, 0.05) is 18.5 Å². The molecule has 1 saturated carbocycles. The zero-order valence-electron chi connectivity index (χ0n) is 16.1. The van der Waals surface area contributed by atoms with E-state index >= 15 is 0 Å². The lowest BCUT2D eigenvalue weighted by atomic mass is 9.73. The van der Waals surface area contributed by atoms with Gasteiger partial charge in [-0.3, -0.25) is 0 Å². The van der Waals surface area contributed by atoms with Crippen LogP contribution < -0.4 is 15.4 Å². The second-order valence-electron chi connectivity index (χ2n) is 7.16. The Balaban J connectivity index is 1.98. The molecule has 0 spiro atoms. The molecule has 2 unspecified atom stereocenters. The Morgan fingerprint density at radius 1 is 1.35 bits per heavy atom. The van der Waals surface area contributed by atoms with Crippen LogP contribution in [0.2, 0.25) is 0 Å². The molecule has 0 heterocycles. The third-order valence-corrected chi connectivity index (χ3v) is 5.00. The molecule has 6 heteroatoms. The summed E-state index contributed by atoms with van der Waals surface area (Å²) in [4.78, 5) is 4.55. The number of ether oxygens (including phenoxy) is 1. The number of nitrogens with one attached hydrogen (secondary N) is 2. The van der Waals surface area contributed by atoms with E-state index in [1.54, 1.807) is 6.07 Å². The smallest absolute Gasteiger partial charge is 0.191 e. The SMILES string of the molecule is CCNC(=NCc1ccc(OCC)c(F)c1)NCC1(C)CCCCC1O. The fourth-order valence-electron chi connectivity index (χ4n) is 3.30. The Bertz CT molecular complexity index is 609. The number of halogens is 1. The van der Waals surface area contributed by atoms with Crippen LogP contribution in [0, 0.1) is 11.2 Å². The van der Waals surface area contributed by atoms with E-state index in [0.29, 0.717) is 25.7 Å². The molecule has 0 aromatic heterocycles. The van der Waals surface area contributed by atoms with Gasteiger partial charge in [-0.2, -0.15) is 0 Å². The second kappa shape index (κ2) is 9.76. The van der Waals surface area contributed by atoms with Gasteiger partial charge in [0.25, 0.3) is 0 Å². The van der Waals surface area contributed by atoms with Crippen LogP contribution in [-0.2, 0) is 6.54 Å². The van der Waals surface area contributed by atoms with E-state index in [1.807, 2.05) is 19.9 Å². The van der Waals surface area contributed by atoms with Gasteiger partial charge in [0.05, 0.1) is 19.3 Å². The number of aliphatic hydroxyl groups excluding tert-OH is 1. The summed E-state index contributed by atoms with van der Waals surface area (Å²) in [5.41, 5.74) is 0.645. The first-order chi connectivity index (χ1) is 12.5. The first kappa shape index (κ1) is 20.5. The molecule has 0 aliphatic heterocycles. The predicted octanol–water partition coefficient (Wildman–Crippen LogP) is 3.22. The van der Waals surface area contributed by atoms with Gasteiger partial charge >= 0.3 is 0 Å². The van der Waals surface area contributed by atoms with Crippen molar-refractivity contribution in [2.75, 3.05) is 19.7 Å². The molecule has 26 heavy (non-hydrogen) atoms. The number of hydrogen-bond donors (Lipinski definition) is 3. The number of guanidine groups is 1. The minimum atomic E-state index is -0.365. The van der Waals surface area contributed by atoms with Gasteiger partial charge in [-0.25, -0.2) is 9.38 Å². The van der Waals surface area contributed by atoms with Gasteiger partial charge in [-0.15, -0.1) is 0 Å². The Kier molecular flexibility index (Phi) is 7.69. The van der Waals surface area contributed by atoms with Crippen LogP contribution in [0.5, 0.6) is 5.75 Å². The van der Waals surface area contributed by atoms with Crippen molar-refractivity contribution in [1.29, 1.82) is 0 Å². The number of rotatable bonds is 7. The number of benzene rings is 1. The maximum Gasteiger partial charge on any atom is 0.191 e. The lowest BCUT2D eigenvalue weighted by Crippen LogP contribution is -2.48. The standard InChI is InChI=1S/C20H32FN3O2/c1-4-22-19(24-14-20(3)11-7-6-8-18(20)25)23-13-15-9-10-17(26-5-2)16(21)12-15/h9-10,12,18,25H,4-8,11,13-14H2,1-3H3,(H2,22,23,24). The average Bonchev–Trinajstić information content (AvgIpc) is 2.62. The fourth-order valence-corrected chi connectivity index (χ4v) is 3.30. The van der Waals surface area contributed by atoms with E-state index in [1.165, 1.54) is 6.07 Å². The highest BCUT2D eigenvalue weighted by atomic mass is 19.1. The van der Waals surface area contributed by atoms with Crippen LogP contribution in [0.15, 0.2) is 23.2 Å². The van der Waals surface area contributed by atoms with Crippen molar-refractivity contribution in [2.45, 2.75) is 59.1 Å². The summed E-state index contributed by atoms with van der Waals surface area (Å²) in [6.07, 6.45) is 3.82. The van der Waals surface area contributed by atoms with Gasteiger partial charge in [0.1, 0.15) is 0 Å². The molecule has 0 radical (unpaired) electrons. The first-order valence-corrected chi connectivity index (χ1v) is 9.60. The van der Waals surface area contributed by atoms with Crippen molar-refractivity contribution in [2.24, 2.45) is 10.4 Å². The third kappa shape index (κ3) is 5.59. The van der Waals surface area contributed by atoms with Crippen LogP contribution in [0.4, 0.5) is 4.39 Å². The Morgan fingerprint density at radius 3 is 2.81 bits per heavy atom. The Hall–Kier alpha value is -1.82. The van der Waals surface area contributed by atoms with Crippen molar-refractivity contribution >= 4 is 5.96 Å². The first-order valence-electron chi connectivity index (χ1n) is 9.60. The van der Waals surface area contributed by atoms with Crippen LogP contribution >= 0.6 is 0 Å². The van der Waals surface area contributed by atoms with Crippen LogP contribution in [0.1, 0.15) is 52.0 Å². The molecule has 1 aromatic carbocycles. The topological polar surface area (TPSA) is 65.9 Å². The number of nitrogens with zero attached hydrogens (tertiary/aromatic N) is 1. The number of aliphatic imine (C=N–C) groups is 1. The van der Waals surface area contributed by atoms with Crippen molar-refractivity contribution in [3.63, 3.8) is 0 Å². The largest absolute Gasteiger partial charge is 0.491 e. The maximum absolute atomic E-state index is 14.0. The van der Waals surface area contributed by atoms with Gasteiger partial charge < -0.3 is 20.5 Å². The quantitative estimate of drug-likeness (QED) is 0.513. The molecule has 5 nitrogen and oxygen atoms in total. The van der Waals surface area contributed by atoms with E-state index in [2.05, 4.69) is 22.5 Å². The molecule has 1 aromatic rings. The minimum Gasteiger partial charge on any atom is -0.491 e. The number of hydrogen-bond acceptors (Lipinski definition) is 3. The van der Waals surface area contributed by atoms with Crippen molar-refractivity contribution in [3.05, 3.63) is 29.6 Å². The summed E-state index contributed by atoms with van der Waals surface area (Å²) in [6, 6.07) is 4.93. The van der Waals surface area contributed by atoms with Gasteiger partial charge in [0.2, 0.25) is 0 Å². The highest BCUT2D eigenvalue weighted by Gasteiger charge is 2.35. The Labute approximate surface area is 156 Å². The molecular formula is C20H32FN3O2. The molecule has 0 saturated heterocycles. The van der Waals surface area contributed by atoms with Crippen molar-refractivity contribution in [3.8, 4) is 5.75 Å². The van der Waals surface area contributed by atoms with E-state index in [4.69, 9.17) is 4.74 Å². The van der Waals surface area contributed by atoms with Gasteiger partial charge in [-0.05, 0) is 44.4 Å².